The van der Waals surface area contributed by atoms with Crippen molar-refractivity contribution in [2.75, 3.05) is 6.54 Å². The second-order valence-electron chi connectivity index (χ2n) is 4.81. The first-order valence-corrected chi connectivity index (χ1v) is 6.62. The lowest BCUT2D eigenvalue weighted by molar-refractivity contribution is 0.0735. The quantitative estimate of drug-likeness (QED) is 0.823. The third-order valence-corrected chi connectivity index (χ3v) is 3.61. The maximum atomic E-state index is 12.5. The van der Waals surface area contributed by atoms with Gasteiger partial charge in [-0.25, -0.2) is 0 Å². The van der Waals surface area contributed by atoms with E-state index in [-0.39, 0.29) is 11.9 Å². The van der Waals surface area contributed by atoms with Crippen LogP contribution in [0.2, 0.25) is 0 Å². The van der Waals surface area contributed by atoms with E-state index in [1.54, 1.807) is 18.5 Å². The van der Waals surface area contributed by atoms with Gasteiger partial charge in [-0.15, -0.1) is 0 Å². The van der Waals surface area contributed by atoms with E-state index in [0.717, 1.165) is 19.4 Å². The van der Waals surface area contributed by atoms with Crippen molar-refractivity contribution in [2.24, 2.45) is 0 Å². The summed E-state index contributed by atoms with van der Waals surface area (Å²) >= 11 is 0. The Labute approximate surface area is 112 Å². The minimum atomic E-state index is 0.0828. The average Bonchev–Trinajstić information content (AvgIpc) is 2.98. The maximum Gasteiger partial charge on any atom is 0.255 e. The van der Waals surface area contributed by atoms with E-state index >= 15 is 0 Å². The van der Waals surface area contributed by atoms with Gasteiger partial charge in [-0.3, -0.25) is 9.78 Å². The highest BCUT2D eigenvalue weighted by atomic mass is 16.2. The third kappa shape index (κ3) is 2.36. The van der Waals surface area contributed by atoms with Crippen molar-refractivity contribution in [2.45, 2.75) is 18.9 Å². The molecule has 2 heterocycles. The van der Waals surface area contributed by atoms with Crippen LogP contribution >= 0.6 is 0 Å². The van der Waals surface area contributed by atoms with Crippen molar-refractivity contribution in [3.8, 4) is 0 Å². The van der Waals surface area contributed by atoms with Crippen LogP contribution < -0.4 is 0 Å². The predicted molar refractivity (Wildman–Crippen MR) is 73.7 cm³/mol. The van der Waals surface area contributed by atoms with Gasteiger partial charge in [-0.05, 0) is 30.5 Å². The fourth-order valence-electron chi connectivity index (χ4n) is 2.69. The average molecular weight is 252 g/mol. The van der Waals surface area contributed by atoms with Gasteiger partial charge in [0.05, 0.1) is 11.6 Å². The summed E-state index contributed by atoms with van der Waals surface area (Å²) in [6.07, 6.45) is 5.43. The first-order valence-electron chi connectivity index (χ1n) is 6.62. The number of hydrogen-bond donors (Lipinski definition) is 0. The third-order valence-electron chi connectivity index (χ3n) is 3.61. The van der Waals surface area contributed by atoms with E-state index in [0.29, 0.717) is 5.56 Å². The van der Waals surface area contributed by atoms with Crippen LogP contribution in [0.3, 0.4) is 0 Å². The van der Waals surface area contributed by atoms with Crippen molar-refractivity contribution in [1.82, 2.24) is 9.88 Å². The largest absolute Gasteiger partial charge is 0.332 e. The molecule has 19 heavy (non-hydrogen) atoms. The highest BCUT2D eigenvalue weighted by molar-refractivity contribution is 5.94. The molecule has 1 fully saturated rings. The van der Waals surface area contributed by atoms with E-state index in [4.69, 9.17) is 0 Å². The molecule has 0 saturated carbocycles. The molecule has 0 unspecified atom stereocenters. The van der Waals surface area contributed by atoms with Crippen LogP contribution in [0.1, 0.15) is 34.8 Å². The van der Waals surface area contributed by atoms with Gasteiger partial charge in [0.15, 0.2) is 0 Å². The first kappa shape index (κ1) is 11.9. The van der Waals surface area contributed by atoms with Crippen LogP contribution in [0.5, 0.6) is 0 Å². The molecule has 96 valence electrons. The van der Waals surface area contributed by atoms with Gasteiger partial charge >= 0.3 is 0 Å². The van der Waals surface area contributed by atoms with Crippen molar-refractivity contribution < 1.29 is 4.79 Å². The normalized spacial score (nSPS) is 18.5. The van der Waals surface area contributed by atoms with Crippen LogP contribution in [-0.4, -0.2) is 22.3 Å². The second-order valence-corrected chi connectivity index (χ2v) is 4.81. The van der Waals surface area contributed by atoms with Gasteiger partial charge in [0.25, 0.3) is 5.91 Å². The summed E-state index contributed by atoms with van der Waals surface area (Å²) in [6, 6.07) is 14.1. The van der Waals surface area contributed by atoms with Crippen LogP contribution in [0.4, 0.5) is 0 Å². The number of nitrogens with zero attached hydrogens (tertiary/aromatic N) is 2. The van der Waals surface area contributed by atoms with E-state index < -0.39 is 0 Å². The van der Waals surface area contributed by atoms with Crippen LogP contribution in [0.25, 0.3) is 0 Å². The molecule has 2 aromatic rings. The fourth-order valence-corrected chi connectivity index (χ4v) is 2.69. The number of rotatable bonds is 2. The Balaban J connectivity index is 1.86. The van der Waals surface area contributed by atoms with Gasteiger partial charge in [0, 0.05) is 18.9 Å². The molecule has 1 aromatic carbocycles. The molecule has 1 aromatic heterocycles. The molecule has 1 aliphatic rings. The zero-order valence-corrected chi connectivity index (χ0v) is 10.7. The number of pyridine rings is 1. The Hall–Kier alpha value is -2.16. The molecule has 1 saturated heterocycles. The smallest absolute Gasteiger partial charge is 0.255 e. The second kappa shape index (κ2) is 5.22. The lowest BCUT2D eigenvalue weighted by Gasteiger charge is -2.25. The van der Waals surface area contributed by atoms with Gasteiger partial charge in [-0.2, -0.15) is 0 Å². The molecular formula is C16H16N2O. The molecule has 1 atom stereocenters. The Morgan fingerprint density at radius 1 is 1.16 bits per heavy atom. The lowest BCUT2D eigenvalue weighted by Crippen LogP contribution is -2.30. The summed E-state index contributed by atoms with van der Waals surface area (Å²) < 4.78 is 0. The van der Waals surface area contributed by atoms with Crippen molar-refractivity contribution in [3.63, 3.8) is 0 Å². The molecular weight excluding hydrogens is 236 g/mol. The zero-order valence-electron chi connectivity index (χ0n) is 10.7. The maximum absolute atomic E-state index is 12.5. The van der Waals surface area contributed by atoms with Crippen molar-refractivity contribution in [3.05, 3.63) is 66.0 Å². The van der Waals surface area contributed by atoms with Gasteiger partial charge in [0.1, 0.15) is 0 Å². The molecule has 1 amide bonds. The molecule has 3 nitrogen and oxygen atoms in total. The summed E-state index contributed by atoms with van der Waals surface area (Å²) in [5, 5.41) is 0. The number of aromatic nitrogens is 1. The van der Waals surface area contributed by atoms with Crippen molar-refractivity contribution in [1.29, 1.82) is 0 Å². The number of carbonyl (C=O) groups is 1. The summed E-state index contributed by atoms with van der Waals surface area (Å²) in [5.74, 6) is 0.0828. The standard InChI is InChI=1S/C16H16N2O/c19-16(14-8-4-10-17-12-14)18-11-5-9-15(18)13-6-2-1-3-7-13/h1-4,6-8,10,12,15H,5,9,11H2/t15-/m0/s1. The van der Waals surface area contributed by atoms with Crippen LogP contribution in [0.15, 0.2) is 54.9 Å². The van der Waals surface area contributed by atoms with E-state index in [1.807, 2.05) is 29.2 Å². The van der Waals surface area contributed by atoms with Crippen molar-refractivity contribution >= 4 is 5.91 Å². The van der Waals surface area contributed by atoms with E-state index in [1.165, 1.54) is 5.56 Å². The molecule has 3 rings (SSSR count). The molecule has 0 bridgehead atoms. The number of hydrogen-bond acceptors (Lipinski definition) is 2. The Morgan fingerprint density at radius 2 is 2.00 bits per heavy atom. The molecule has 0 spiro atoms. The minimum Gasteiger partial charge on any atom is -0.332 e. The summed E-state index contributed by atoms with van der Waals surface area (Å²) in [7, 11) is 0. The summed E-state index contributed by atoms with van der Waals surface area (Å²) in [6.45, 7) is 0.827. The van der Waals surface area contributed by atoms with E-state index in [2.05, 4.69) is 17.1 Å². The van der Waals surface area contributed by atoms with Crippen LogP contribution in [0, 0.1) is 0 Å². The Morgan fingerprint density at radius 3 is 2.74 bits per heavy atom. The monoisotopic (exact) mass is 252 g/mol. The molecule has 0 radical (unpaired) electrons. The summed E-state index contributed by atoms with van der Waals surface area (Å²) in [4.78, 5) is 18.5. The predicted octanol–water partition coefficient (Wildman–Crippen LogP) is 3.06. The number of carbonyl (C=O) groups excluding carboxylic acids is 1. The Bertz CT molecular complexity index is 553. The minimum absolute atomic E-state index is 0.0828. The zero-order chi connectivity index (χ0) is 13.1. The van der Waals surface area contributed by atoms with E-state index in [9.17, 15) is 4.79 Å². The molecule has 3 heteroatoms. The first-order chi connectivity index (χ1) is 9.36. The summed E-state index contributed by atoms with van der Waals surface area (Å²) in [5.41, 5.74) is 1.89. The van der Waals surface area contributed by atoms with Gasteiger partial charge in [0.2, 0.25) is 0 Å². The molecule has 0 N–H and O–H groups in total. The number of likely N-dealkylation sites (tertiary alicyclic amines) is 1. The lowest BCUT2D eigenvalue weighted by atomic mass is 10.0. The SMILES string of the molecule is O=C(c1cccnc1)N1CCC[C@H]1c1ccccc1. The highest BCUT2D eigenvalue weighted by Crippen LogP contribution is 2.32. The molecule has 0 aliphatic carbocycles. The highest BCUT2D eigenvalue weighted by Gasteiger charge is 2.30. The topological polar surface area (TPSA) is 33.2 Å². The number of amides is 1. The Kier molecular flexibility index (Phi) is 3.27. The van der Waals surface area contributed by atoms with Crippen LogP contribution in [-0.2, 0) is 0 Å². The number of benzene rings is 1. The molecule has 1 aliphatic heterocycles. The van der Waals surface area contributed by atoms with Gasteiger partial charge in [-0.1, -0.05) is 30.3 Å². The fraction of sp³-hybridized carbons (Fsp3) is 0.250. The van der Waals surface area contributed by atoms with Gasteiger partial charge < -0.3 is 4.90 Å².